The molecule has 1 unspecified atom stereocenters. The maximum atomic E-state index is 12.0. The molecule has 0 saturated carbocycles. The molecule has 0 saturated heterocycles. The van der Waals surface area contributed by atoms with Crippen molar-refractivity contribution in [2.24, 2.45) is 5.41 Å². The van der Waals surface area contributed by atoms with Crippen LogP contribution in [0.25, 0.3) is 0 Å². The summed E-state index contributed by atoms with van der Waals surface area (Å²) in [5.41, 5.74) is -0.732. The van der Waals surface area contributed by atoms with Crippen molar-refractivity contribution < 1.29 is 43.1 Å². The number of esters is 2. The maximum absolute atomic E-state index is 12.0. The Morgan fingerprint density at radius 1 is 0.926 bits per heavy atom. The highest BCUT2D eigenvalue weighted by atomic mass is 16.6. The summed E-state index contributed by atoms with van der Waals surface area (Å²) in [6.07, 6.45) is -1.11. The van der Waals surface area contributed by atoms with Gasteiger partial charge in [0.05, 0.1) is 26.4 Å². The second-order valence-corrected chi connectivity index (χ2v) is 6.04. The van der Waals surface area contributed by atoms with Crippen LogP contribution in [-0.2, 0) is 38.0 Å². The van der Waals surface area contributed by atoms with Gasteiger partial charge in [0.15, 0.2) is 0 Å². The third-order valence-corrected chi connectivity index (χ3v) is 3.07. The topological polar surface area (TPSA) is 110 Å². The van der Waals surface area contributed by atoms with Gasteiger partial charge in [-0.1, -0.05) is 6.58 Å². The minimum atomic E-state index is -1.11. The van der Waals surface area contributed by atoms with Gasteiger partial charge < -0.3 is 33.5 Å². The van der Waals surface area contributed by atoms with E-state index in [2.05, 4.69) is 16.1 Å². The Hall–Kier alpha value is -1.52. The Labute approximate surface area is 161 Å². The Kier molecular flexibility index (Phi) is 17.1. The van der Waals surface area contributed by atoms with Crippen LogP contribution in [-0.4, -0.2) is 91.2 Å². The molecule has 0 aromatic heterocycles. The molecule has 0 spiro atoms. The van der Waals surface area contributed by atoms with Crippen LogP contribution in [0.15, 0.2) is 12.2 Å². The summed E-state index contributed by atoms with van der Waals surface area (Å²) >= 11 is 0. The van der Waals surface area contributed by atoms with E-state index in [1.54, 1.807) is 21.1 Å². The minimum absolute atomic E-state index is 0.125. The van der Waals surface area contributed by atoms with E-state index in [9.17, 15) is 14.7 Å². The molecule has 0 amide bonds. The fourth-order valence-electron chi connectivity index (χ4n) is 1.65. The molecule has 9 heteroatoms. The Balaban J connectivity index is 0. The van der Waals surface area contributed by atoms with Crippen molar-refractivity contribution in [2.45, 2.75) is 20.0 Å². The number of carbonyl (C=O) groups is 2. The largest absolute Gasteiger partial charge is 0.462 e. The number of aliphatic hydroxyl groups is 1. The standard InChI is InChI=1S/C14H24O7.C4H10O2/c1-10(2)12(16)20-6-11(15)7-21-13(17)14(3,8-18-4)9-19-5;1-5-3-4-6-2/h11,15H,1,6-9H2,2-5H3;3-4H2,1-2H3. The summed E-state index contributed by atoms with van der Waals surface area (Å²) in [6, 6.07) is 0. The lowest BCUT2D eigenvalue weighted by molar-refractivity contribution is -0.166. The van der Waals surface area contributed by atoms with E-state index in [1.165, 1.54) is 21.1 Å². The fraction of sp³-hybridized carbons (Fsp3) is 0.778. The fourth-order valence-corrected chi connectivity index (χ4v) is 1.65. The van der Waals surface area contributed by atoms with Gasteiger partial charge in [-0.2, -0.15) is 0 Å². The molecular formula is C18H34O9. The second kappa shape index (κ2) is 16.6. The summed E-state index contributed by atoms with van der Waals surface area (Å²) in [7, 11) is 6.23. The molecule has 0 aliphatic rings. The molecule has 0 aliphatic carbocycles. The number of hydrogen-bond acceptors (Lipinski definition) is 9. The first-order valence-corrected chi connectivity index (χ1v) is 8.32. The van der Waals surface area contributed by atoms with Crippen LogP contribution in [0, 0.1) is 5.41 Å². The molecule has 9 nitrogen and oxygen atoms in total. The van der Waals surface area contributed by atoms with Gasteiger partial charge in [0.2, 0.25) is 0 Å². The Morgan fingerprint density at radius 3 is 1.74 bits per heavy atom. The van der Waals surface area contributed by atoms with Crippen molar-refractivity contribution in [3.63, 3.8) is 0 Å². The van der Waals surface area contributed by atoms with Gasteiger partial charge in [-0.05, 0) is 13.8 Å². The second-order valence-electron chi connectivity index (χ2n) is 6.04. The van der Waals surface area contributed by atoms with Gasteiger partial charge in [-0.25, -0.2) is 4.79 Å². The highest BCUT2D eigenvalue weighted by Crippen LogP contribution is 2.19. The molecule has 0 rings (SSSR count). The smallest absolute Gasteiger partial charge is 0.333 e. The van der Waals surface area contributed by atoms with Gasteiger partial charge >= 0.3 is 11.9 Å². The number of carbonyl (C=O) groups excluding carboxylic acids is 2. The lowest BCUT2D eigenvalue weighted by Gasteiger charge is -2.26. The van der Waals surface area contributed by atoms with Crippen LogP contribution in [0.4, 0.5) is 0 Å². The molecule has 0 aromatic rings. The maximum Gasteiger partial charge on any atom is 0.333 e. The van der Waals surface area contributed by atoms with Crippen LogP contribution in [0.2, 0.25) is 0 Å². The summed E-state index contributed by atoms with van der Waals surface area (Å²) in [5, 5.41) is 9.61. The van der Waals surface area contributed by atoms with Crippen molar-refractivity contribution in [2.75, 3.05) is 68.1 Å². The van der Waals surface area contributed by atoms with E-state index in [4.69, 9.17) is 18.9 Å². The van der Waals surface area contributed by atoms with Crippen LogP contribution >= 0.6 is 0 Å². The summed E-state index contributed by atoms with van der Waals surface area (Å²) in [4.78, 5) is 23.1. The molecule has 27 heavy (non-hydrogen) atoms. The number of methoxy groups -OCH3 is 4. The molecule has 1 N–H and O–H groups in total. The molecular weight excluding hydrogens is 360 g/mol. The van der Waals surface area contributed by atoms with Crippen LogP contribution in [0.3, 0.4) is 0 Å². The van der Waals surface area contributed by atoms with E-state index in [0.29, 0.717) is 13.2 Å². The third kappa shape index (κ3) is 14.2. The minimum Gasteiger partial charge on any atom is -0.462 e. The normalized spacial score (nSPS) is 11.8. The Bertz CT molecular complexity index is 413. The van der Waals surface area contributed by atoms with Crippen LogP contribution in [0.5, 0.6) is 0 Å². The van der Waals surface area contributed by atoms with E-state index in [-0.39, 0.29) is 32.0 Å². The van der Waals surface area contributed by atoms with Crippen molar-refractivity contribution in [1.29, 1.82) is 0 Å². The van der Waals surface area contributed by atoms with E-state index < -0.39 is 23.5 Å². The predicted molar refractivity (Wildman–Crippen MR) is 98.3 cm³/mol. The predicted octanol–water partition coefficient (Wildman–Crippen LogP) is 0.588. The van der Waals surface area contributed by atoms with Crippen molar-refractivity contribution in [3.8, 4) is 0 Å². The molecule has 0 fully saturated rings. The third-order valence-electron chi connectivity index (χ3n) is 3.07. The number of rotatable bonds is 13. The quantitative estimate of drug-likeness (QED) is 0.273. The van der Waals surface area contributed by atoms with Gasteiger partial charge in [0, 0.05) is 34.0 Å². The first-order valence-electron chi connectivity index (χ1n) is 8.32. The summed E-state index contributed by atoms with van der Waals surface area (Å²) in [5.74, 6) is -1.17. The van der Waals surface area contributed by atoms with E-state index >= 15 is 0 Å². The zero-order valence-corrected chi connectivity index (χ0v) is 17.2. The zero-order chi connectivity index (χ0) is 21.3. The molecule has 0 aliphatic heterocycles. The van der Waals surface area contributed by atoms with E-state index in [1.807, 2.05) is 0 Å². The first-order chi connectivity index (χ1) is 12.7. The molecule has 160 valence electrons. The summed E-state index contributed by atoms with van der Waals surface area (Å²) < 4.78 is 29.0. The molecule has 0 heterocycles. The van der Waals surface area contributed by atoms with Gasteiger partial charge in [0.25, 0.3) is 0 Å². The van der Waals surface area contributed by atoms with Gasteiger partial charge in [-0.3, -0.25) is 4.79 Å². The first kappa shape index (κ1) is 27.7. The number of hydrogen-bond donors (Lipinski definition) is 1. The molecule has 0 radical (unpaired) electrons. The lowest BCUT2D eigenvalue weighted by Crippen LogP contribution is -2.40. The van der Waals surface area contributed by atoms with Crippen LogP contribution in [0.1, 0.15) is 13.8 Å². The SMILES string of the molecule is C=C(C)C(=O)OCC(O)COC(=O)C(C)(COC)COC.COCCOC. The lowest BCUT2D eigenvalue weighted by atomic mass is 9.93. The van der Waals surface area contributed by atoms with Crippen molar-refractivity contribution in [1.82, 2.24) is 0 Å². The Morgan fingerprint density at radius 2 is 1.37 bits per heavy atom. The van der Waals surface area contributed by atoms with Gasteiger partial charge in [-0.15, -0.1) is 0 Å². The van der Waals surface area contributed by atoms with Gasteiger partial charge in [0.1, 0.15) is 24.7 Å². The number of ether oxygens (including phenoxy) is 6. The average Bonchev–Trinajstić information content (AvgIpc) is 2.63. The molecule has 0 bridgehead atoms. The molecule has 0 aromatic carbocycles. The number of aliphatic hydroxyl groups excluding tert-OH is 1. The highest BCUT2D eigenvalue weighted by Gasteiger charge is 2.35. The van der Waals surface area contributed by atoms with Crippen molar-refractivity contribution in [3.05, 3.63) is 12.2 Å². The van der Waals surface area contributed by atoms with Crippen LogP contribution < -0.4 is 0 Å². The van der Waals surface area contributed by atoms with Crippen molar-refractivity contribution >= 4 is 11.9 Å². The monoisotopic (exact) mass is 394 g/mol. The average molecular weight is 394 g/mol. The highest BCUT2D eigenvalue weighted by molar-refractivity contribution is 5.86. The zero-order valence-electron chi connectivity index (χ0n) is 17.2. The van der Waals surface area contributed by atoms with E-state index in [0.717, 1.165) is 0 Å². The summed E-state index contributed by atoms with van der Waals surface area (Å²) in [6.45, 7) is 7.61. The molecule has 1 atom stereocenters.